The molecular weight excluding hydrogens is 604 g/mol. The fraction of sp³-hybridized carbons (Fsp3) is 0.429. The van der Waals surface area contributed by atoms with Gasteiger partial charge in [0, 0.05) is 44.2 Å². The number of carbonyl (C=O) groups is 3. The summed E-state index contributed by atoms with van der Waals surface area (Å²) in [4.78, 5) is 43.2. The number of nitrogens with zero attached hydrogens (tertiary/aromatic N) is 3. The zero-order valence-electron chi connectivity index (χ0n) is 28.0. The topological polar surface area (TPSA) is 121 Å². The monoisotopic (exact) mass is 652 g/mol. The van der Waals surface area contributed by atoms with Crippen molar-refractivity contribution in [2.45, 2.75) is 59.4 Å². The number of thiazole rings is 1. The second-order valence-corrected chi connectivity index (χ2v) is 12.1. The molecule has 3 heterocycles. The number of rotatable bonds is 8. The highest BCUT2D eigenvalue weighted by Gasteiger charge is 2.33. The Hall–Kier alpha value is -4.06. The molecule has 0 spiro atoms. The summed E-state index contributed by atoms with van der Waals surface area (Å²) >= 11 is 1.61. The SMILES string of the molecule is C=COC.CC(C)C(C=O)N1Cc2ccccc2C1=O.CN1CCC(O)C1.COc1cc(-c2scnc2C)ccc1CNC(C)=O. The van der Waals surface area contributed by atoms with E-state index in [9.17, 15) is 14.4 Å². The van der Waals surface area contributed by atoms with Gasteiger partial charge in [-0.2, -0.15) is 0 Å². The number of likely N-dealkylation sites (N-methyl/N-ethyl adjacent to an activating group) is 1. The average Bonchev–Trinajstić information content (AvgIpc) is 3.74. The van der Waals surface area contributed by atoms with E-state index in [0.29, 0.717) is 13.1 Å². The Kier molecular flexibility index (Phi) is 16.1. The fourth-order valence-corrected chi connectivity index (χ4v) is 5.65. The van der Waals surface area contributed by atoms with Crippen molar-refractivity contribution in [3.05, 3.63) is 83.2 Å². The number of amides is 2. The molecule has 0 bridgehead atoms. The maximum Gasteiger partial charge on any atom is 0.255 e. The molecule has 11 heteroatoms. The molecule has 46 heavy (non-hydrogen) atoms. The number of ether oxygens (including phenoxy) is 2. The van der Waals surface area contributed by atoms with E-state index in [1.165, 1.54) is 13.2 Å². The van der Waals surface area contributed by atoms with Crippen molar-refractivity contribution in [1.29, 1.82) is 0 Å². The lowest BCUT2D eigenvalue weighted by molar-refractivity contribution is -0.119. The van der Waals surface area contributed by atoms with E-state index in [2.05, 4.69) is 26.5 Å². The molecule has 3 aromatic rings. The third kappa shape index (κ3) is 11.4. The van der Waals surface area contributed by atoms with E-state index in [-0.39, 0.29) is 29.9 Å². The van der Waals surface area contributed by atoms with Crippen molar-refractivity contribution in [2.75, 3.05) is 34.4 Å². The highest BCUT2D eigenvalue weighted by molar-refractivity contribution is 7.13. The maximum absolute atomic E-state index is 12.1. The van der Waals surface area contributed by atoms with Gasteiger partial charge in [0.05, 0.1) is 48.7 Å². The largest absolute Gasteiger partial charge is 0.505 e. The van der Waals surface area contributed by atoms with Crippen LogP contribution in [0.3, 0.4) is 0 Å². The van der Waals surface area contributed by atoms with Gasteiger partial charge in [-0.25, -0.2) is 4.98 Å². The van der Waals surface area contributed by atoms with Crippen molar-refractivity contribution in [1.82, 2.24) is 20.1 Å². The van der Waals surface area contributed by atoms with Gasteiger partial charge >= 0.3 is 0 Å². The number of nitrogens with one attached hydrogen (secondary N) is 1. The van der Waals surface area contributed by atoms with Crippen LogP contribution in [0.25, 0.3) is 10.4 Å². The van der Waals surface area contributed by atoms with Gasteiger partial charge in [-0.05, 0) is 49.6 Å². The summed E-state index contributed by atoms with van der Waals surface area (Å²) in [6.07, 6.45) is 3.15. The number of aryl methyl sites for hydroxylation is 1. The Morgan fingerprint density at radius 3 is 2.39 bits per heavy atom. The first kappa shape index (κ1) is 38.1. The van der Waals surface area contributed by atoms with E-state index in [0.717, 1.165) is 64.4 Å². The van der Waals surface area contributed by atoms with Crippen molar-refractivity contribution in [3.63, 3.8) is 0 Å². The molecule has 1 fully saturated rings. The third-order valence-electron chi connectivity index (χ3n) is 7.39. The van der Waals surface area contributed by atoms with Gasteiger partial charge in [-0.3, -0.25) is 9.59 Å². The average molecular weight is 653 g/mol. The van der Waals surface area contributed by atoms with Crippen molar-refractivity contribution in [2.24, 2.45) is 5.92 Å². The summed E-state index contributed by atoms with van der Waals surface area (Å²) in [7, 11) is 5.22. The standard InChI is InChI=1S/C14H16N2O2S.C13H15NO2.C5H11NO.C3H6O/c1-9-14(19-8-16-9)11-4-5-12(7-15-10(2)17)13(6-11)18-3;1-9(2)12(8-15)14-7-10-5-3-4-6-11(10)13(14)16;1-6-3-2-5(7)4-6;1-3-4-2/h4-6,8H,7H2,1-3H3,(H,15,17);3-6,8-9,12H,7H2,1-2H3;5,7H,2-4H2,1H3;3H,1H2,2H3. The number of fused-ring (bicyclic) bond motifs is 1. The number of aliphatic hydroxyl groups excluding tert-OH is 1. The summed E-state index contributed by atoms with van der Waals surface area (Å²) < 4.78 is 9.69. The molecule has 2 unspecified atom stereocenters. The summed E-state index contributed by atoms with van der Waals surface area (Å²) in [6.45, 7) is 13.6. The molecule has 10 nitrogen and oxygen atoms in total. The highest BCUT2D eigenvalue weighted by Crippen LogP contribution is 2.32. The molecule has 250 valence electrons. The van der Waals surface area contributed by atoms with E-state index in [1.54, 1.807) is 30.5 Å². The van der Waals surface area contributed by atoms with Crippen LogP contribution in [0.1, 0.15) is 54.4 Å². The van der Waals surface area contributed by atoms with Crippen LogP contribution in [0, 0.1) is 12.8 Å². The molecule has 2 aliphatic rings. The fourth-order valence-electron chi connectivity index (χ4n) is 4.85. The summed E-state index contributed by atoms with van der Waals surface area (Å²) in [5, 5.41) is 11.6. The Balaban J connectivity index is 0.000000244. The second kappa shape index (κ2) is 19.5. The first-order valence-electron chi connectivity index (χ1n) is 15.1. The maximum atomic E-state index is 12.1. The molecule has 2 aliphatic heterocycles. The minimum Gasteiger partial charge on any atom is -0.505 e. The zero-order chi connectivity index (χ0) is 34.2. The van der Waals surface area contributed by atoms with Crippen molar-refractivity contribution in [3.8, 4) is 16.2 Å². The van der Waals surface area contributed by atoms with Crippen LogP contribution in [0.15, 0.2) is 60.8 Å². The lowest BCUT2D eigenvalue weighted by Gasteiger charge is -2.25. The minimum atomic E-state index is -0.320. The number of likely N-dealkylation sites (tertiary alicyclic amines) is 1. The molecule has 2 N–H and O–H groups in total. The van der Waals surface area contributed by atoms with Gasteiger partial charge in [0.1, 0.15) is 12.0 Å². The first-order chi connectivity index (χ1) is 22.0. The predicted molar refractivity (Wildman–Crippen MR) is 183 cm³/mol. The van der Waals surface area contributed by atoms with Crippen molar-refractivity contribution >= 4 is 29.4 Å². The summed E-state index contributed by atoms with van der Waals surface area (Å²) in [6, 6.07) is 13.2. The Bertz CT molecular complexity index is 1420. The van der Waals surface area contributed by atoms with Gasteiger partial charge in [-0.1, -0.05) is 50.8 Å². The number of hydrogen-bond acceptors (Lipinski definition) is 9. The quantitative estimate of drug-likeness (QED) is 0.255. The number of hydrogen-bond donors (Lipinski definition) is 2. The van der Waals surface area contributed by atoms with Gasteiger partial charge in [0.2, 0.25) is 5.91 Å². The Labute approximate surface area is 277 Å². The number of β-amino-alcohol motifs (C(OH)–C–C–N with tert-alkyl or cyclic N) is 1. The van der Waals surface area contributed by atoms with Gasteiger partial charge in [0.15, 0.2) is 0 Å². The van der Waals surface area contributed by atoms with E-state index >= 15 is 0 Å². The summed E-state index contributed by atoms with van der Waals surface area (Å²) in [5.74, 6) is 0.848. The van der Waals surface area contributed by atoms with Gasteiger partial charge in [0.25, 0.3) is 5.91 Å². The normalized spacial score (nSPS) is 15.6. The van der Waals surface area contributed by atoms with E-state index in [1.807, 2.05) is 75.8 Å². The molecule has 0 radical (unpaired) electrons. The van der Waals surface area contributed by atoms with Crippen LogP contribution in [-0.2, 0) is 27.4 Å². The molecule has 0 saturated carbocycles. The predicted octanol–water partition coefficient (Wildman–Crippen LogP) is 5.09. The molecule has 2 atom stereocenters. The summed E-state index contributed by atoms with van der Waals surface area (Å²) in [5.41, 5.74) is 6.64. The molecular formula is C35H48N4O6S. The lowest BCUT2D eigenvalue weighted by atomic mass is 10.0. The number of methoxy groups -OCH3 is 2. The van der Waals surface area contributed by atoms with E-state index < -0.39 is 0 Å². The third-order valence-corrected chi connectivity index (χ3v) is 8.37. The van der Waals surface area contributed by atoms with Crippen LogP contribution in [0.4, 0.5) is 0 Å². The van der Waals surface area contributed by atoms with Gasteiger partial charge in [-0.15, -0.1) is 11.3 Å². The number of benzene rings is 2. The second-order valence-electron chi connectivity index (χ2n) is 11.3. The van der Waals surface area contributed by atoms with Crippen LogP contribution in [0.5, 0.6) is 5.75 Å². The number of aromatic nitrogens is 1. The molecule has 2 amide bonds. The smallest absolute Gasteiger partial charge is 0.255 e. The van der Waals surface area contributed by atoms with Crippen LogP contribution in [-0.4, -0.2) is 84.5 Å². The molecule has 0 aliphatic carbocycles. The van der Waals surface area contributed by atoms with Crippen LogP contribution >= 0.6 is 11.3 Å². The number of aldehydes is 1. The number of aliphatic hydroxyl groups is 1. The minimum absolute atomic E-state index is 0.0265. The van der Waals surface area contributed by atoms with Gasteiger partial charge < -0.3 is 34.5 Å². The molecule has 1 saturated heterocycles. The highest BCUT2D eigenvalue weighted by atomic mass is 32.1. The van der Waals surface area contributed by atoms with Crippen molar-refractivity contribution < 1.29 is 29.0 Å². The Morgan fingerprint density at radius 1 is 1.24 bits per heavy atom. The molecule has 1 aromatic heterocycles. The molecule has 2 aromatic carbocycles. The first-order valence-corrected chi connectivity index (χ1v) is 16.0. The lowest BCUT2D eigenvalue weighted by Crippen LogP contribution is -2.40. The van der Waals surface area contributed by atoms with Crippen LogP contribution < -0.4 is 10.1 Å². The van der Waals surface area contributed by atoms with Crippen LogP contribution in [0.2, 0.25) is 0 Å². The molecule has 5 rings (SSSR count). The van der Waals surface area contributed by atoms with E-state index in [4.69, 9.17) is 9.84 Å². The Morgan fingerprint density at radius 2 is 1.93 bits per heavy atom. The number of carbonyl (C=O) groups excluding carboxylic acids is 3. The zero-order valence-corrected chi connectivity index (χ0v) is 28.8.